The van der Waals surface area contributed by atoms with Gasteiger partial charge in [-0.1, -0.05) is 109 Å². The molecule has 0 fully saturated rings. The fourth-order valence-corrected chi connectivity index (χ4v) is 5.90. The first-order chi connectivity index (χ1) is 15.3. The average Bonchev–Trinajstić information content (AvgIpc) is 2.74. The van der Waals surface area contributed by atoms with Gasteiger partial charge in [0.05, 0.1) is 21.1 Å². The Kier molecular flexibility index (Phi) is 19.8. The van der Waals surface area contributed by atoms with E-state index in [1.807, 2.05) is 28.1 Å². The molecular formula is C28H57NO2P+. The molecule has 0 spiro atoms. The van der Waals surface area contributed by atoms with E-state index in [0.29, 0.717) is 10.9 Å². The second kappa shape index (κ2) is 20.0. The molecule has 0 N–H and O–H groups in total. The summed E-state index contributed by atoms with van der Waals surface area (Å²) in [5.74, 6) is 0. The lowest BCUT2D eigenvalue weighted by Crippen LogP contribution is -2.53. The number of hydrogen-bond acceptors (Lipinski definition) is 2. The van der Waals surface area contributed by atoms with Crippen molar-refractivity contribution in [2.24, 2.45) is 0 Å². The summed E-state index contributed by atoms with van der Waals surface area (Å²) in [7, 11) is 3.63. The van der Waals surface area contributed by atoms with E-state index in [2.05, 4.69) is 19.1 Å². The van der Waals surface area contributed by atoms with Crippen molar-refractivity contribution in [1.29, 1.82) is 0 Å². The van der Waals surface area contributed by atoms with Gasteiger partial charge < -0.3 is 4.48 Å². The molecule has 190 valence electrons. The summed E-state index contributed by atoms with van der Waals surface area (Å²) in [6.45, 7) is 4.29. The molecule has 0 saturated carbocycles. The predicted molar refractivity (Wildman–Crippen MR) is 142 cm³/mol. The molecule has 0 aliphatic rings. The molecule has 0 aliphatic heterocycles. The molecule has 0 saturated heterocycles. The first-order valence-electron chi connectivity index (χ1n) is 13.9. The largest absolute Gasteiger partial charge is 0.378 e. The summed E-state index contributed by atoms with van der Waals surface area (Å²) in [5, 5.41) is -0.599. The average molecular weight is 471 g/mol. The highest BCUT2D eigenvalue weighted by molar-refractivity contribution is 7.32. The maximum atomic E-state index is 11.9. The third-order valence-electron chi connectivity index (χ3n) is 7.24. The van der Waals surface area contributed by atoms with E-state index in [9.17, 15) is 9.13 Å². The molecule has 0 heterocycles. The monoisotopic (exact) mass is 470 g/mol. The minimum Gasteiger partial charge on any atom is -0.314 e. The standard InChI is InChI=1S/C28H57NO2P/c1-6-8-9-10-11-12-13-14-15-16-17-18-19-20-21-22-23-24-25-26-27-28(7-2,32(30)31)29(3,4)5/h15-16H,6-14,17-27H2,1-5H3/q+1. The number of quaternary nitrogens is 1. The second-order valence-electron chi connectivity index (χ2n) is 10.7. The second-order valence-corrected chi connectivity index (χ2v) is 12.1. The van der Waals surface area contributed by atoms with Crippen LogP contribution in [0.4, 0.5) is 0 Å². The molecule has 4 heteroatoms. The predicted octanol–water partition coefficient (Wildman–Crippen LogP) is 9.96. The van der Waals surface area contributed by atoms with Gasteiger partial charge in [-0.3, -0.25) is 0 Å². The lowest BCUT2D eigenvalue weighted by Gasteiger charge is -2.40. The minimum atomic E-state index is -2.42. The molecule has 0 amide bonds. The van der Waals surface area contributed by atoms with Gasteiger partial charge in [0.25, 0.3) is 0 Å². The van der Waals surface area contributed by atoms with Crippen molar-refractivity contribution in [2.75, 3.05) is 21.1 Å². The van der Waals surface area contributed by atoms with Crippen molar-refractivity contribution < 1.29 is 13.6 Å². The molecule has 0 aromatic rings. The molecule has 3 nitrogen and oxygen atoms in total. The van der Waals surface area contributed by atoms with Gasteiger partial charge in [0, 0.05) is 12.8 Å². The maximum Gasteiger partial charge on any atom is 0.378 e. The highest BCUT2D eigenvalue weighted by Crippen LogP contribution is 2.43. The van der Waals surface area contributed by atoms with Gasteiger partial charge in [-0.2, -0.15) is 0 Å². The maximum absolute atomic E-state index is 11.9. The van der Waals surface area contributed by atoms with E-state index in [1.165, 1.54) is 103 Å². The zero-order valence-corrected chi connectivity index (χ0v) is 23.4. The van der Waals surface area contributed by atoms with Crippen molar-refractivity contribution >= 4 is 7.68 Å². The number of hydrogen-bond donors (Lipinski definition) is 0. The third-order valence-corrected chi connectivity index (χ3v) is 9.06. The van der Waals surface area contributed by atoms with Crippen LogP contribution in [0.15, 0.2) is 12.2 Å². The van der Waals surface area contributed by atoms with Gasteiger partial charge in [0.2, 0.25) is 5.28 Å². The Bertz CT molecular complexity index is 514. The topological polar surface area (TPSA) is 34.1 Å². The lowest BCUT2D eigenvalue weighted by molar-refractivity contribution is -0.908. The zero-order chi connectivity index (χ0) is 24.1. The number of allylic oxidation sites excluding steroid dienone is 2. The van der Waals surface area contributed by atoms with Gasteiger partial charge in [0.15, 0.2) is 0 Å². The molecular weight excluding hydrogens is 413 g/mol. The van der Waals surface area contributed by atoms with Crippen LogP contribution in [0.1, 0.15) is 142 Å². The Morgan fingerprint density at radius 2 is 0.969 bits per heavy atom. The van der Waals surface area contributed by atoms with Crippen LogP contribution in [0.2, 0.25) is 0 Å². The Balaban J connectivity index is 3.53. The summed E-state index contributed by atoms with van der Waals surface area (Å²) < 4.78 is 24.4. The van der Waals surface area contributed by atoms with Crippen LogP contribution < -0.4 is 0 Å². The minimum absolute atomic E-state index is 0.510. The van der Waals surface area contributed by atoms with E-state index >= 15 is 0 Å². The van der Waals surface area contributed by atoms with Crippen LogP contribution in [0.5, 0.6) is 0 Å². The van der Waals surface area contributed by atoms with Crippen molar-refractivity contribution in [3.05, 3.63) is 12.2 Å². The van der Waals surface area contributed by atoms with Crippen molar-refractivity contribution in [2.45, 2.75) is 148 Å². The molecule has 0 aromatic heterocycles. The summed E-state index contributed by atoms with van der Waals surface area (Å²) in [4.78, 5) is 0. The zero-order valence-electron chi connectivity index (χ0n) is 22.5. The van der Waals surface area contributed by atoms with Crippen LogP contribution >= 0.6 is 7.68 Å². The molecule has 0 bridgehead atoms. The SMILES string of the molecule is CCCCCCCCCC=CCCCCCCCCCCCC(CC)(P(=O)=O)[N+](C)(C)C. The summed E-state index contributed by atoms with van der Waals surface area (Å²) in [5.41, 5.74) is 0. The molecule has 1 unspecified atom stereocenters. The highest BCUT2D eigenvalue weighted by atomic mass is 31.1. The van der Waals surface area contributed by atoms with Crippen molar-refractivity contribution in [1.82, 2.24) is 0 Å². The Morgan fingerprint density at radius 3 is 1.31 bits per heavy atom. The first kappa shape index (κ1) is 31.6. The van der Waals surface area contributed by atoms with Gasteiger partial charge >= 0.3 is 7.68 Å². The van der Waals surface area contributed by atoms with Crippen LogP contribution in [-0.2, 0) is 9.13 Å². The Labute approximate surface area is 202 Å². The number of rotatable bonds is 23. The summed E-state index contributed by atoms with van der Waals surface area (Å²) >= 11 is 0. The molecule has 0 aromatic carbocycles. The van der Waals surface area contributed by atoms with E-state index < -0.39 is 13.0 Å². The van der Waals surface area contributed by atoms with Gasteiger partial charge in [-0.05, 0) is 32.1 Å². The summed E-state index contributed by atoms with van der Waals surface area (Å²) in [6.07, 6.45) is 30.1. The van der Waals surface area contributed by atoms with Crippen LogP contribution in [0.3, 0.4) is 0 Å². The van der Waals surface area contributed by atoms with E-state index in [1.54, 1.807) is 0 Å². The Hall–Kier alpha value is -0.400. The quantitative estimate of drug-likeness (QED) is 0.0644. The highest BCUT2D eigenvalue weighted by Gasteiger charge is 2.46. The van der Waals surface area contributed by atoms with Gasteiger partial charge in [0.1, 0.15) is 0 Å². The van der Waals surface area contributed by atoms with Gasteiger partial charge in [-0.25, -0.2) is 9.13 Å². The first-order valence-corrected chi connectivity index (χ1v) is 15.1. The fraction of sp³-hybridized carbons (Fsp3) is 0.929. The smallest absolute Gasteiger partial charge is 0.314 e. The number of nitrogens with zero attached hydrogens (tertiary/aromatic N) is 1. The molecule has 1 atom stereocenters. The van der Waals surface area contributed by atoms with Gasteiger partial charge in [-0.15, -0.1) is 0 Å². The molecule has 0 rings (SSSR count). The van der Waals surface area contributed by atoms with Crippen molar-refractivity contribution in [3.8, 4) is 0 Å². The van der Waals surface area contributed by atoms with Crippen LogP contribution in [0.25, 0.3) is 0 Å². The Morgan fingerprint density at radius 1 is 0.594 bits per heavy atom. The molecule has 0 radical (unpaired) electrons. The van der Waals surface area contributed by atoms with E-state index in [0.717, 1.165) is 19.3 Å². The third kappa shape index (κ3) is 14.7. The molecule has 32 heavy (non-hydrogen) atoms. The number of unbranched alkanes of at least 4 members (excludes halogenated alkanes) is 16. The normalized spacial score (nSPS) is 14.2. The lowest BCUT2D eigenvalue weighted by atomic mass is 10.0. The van der Waals surface area contributed by atoms with Crippen LogP contribution in [0, 0.1) is 0 Å². The van der Waals surface area contributed by atoms with E-state index in [-0.39, 0.29) is 0 Å². The van der Waals surface area contributed by atoms with Crippen molar-refractivity contribution in [3.63, 3.8) is 0 Å². The van der Waals surface area contributed by atoms with E-state index in [4.69, 9.17) is 0 Å². The molecule has 0 aliphatic carbocycles. The van der Waals surface area contributed by atoms with Crippen LogP contribution in [-0.4, -0.2) is 30.9 Å². The summed E-state index contributed by atoms with van der Waals surface area (Å²) in [6, 6.07) is 0. The fourth-order valence-electron chi connectivity index (χ4n) is 4.81.